The third-order valence-corrected chi connectivity index (χ3v) is 3.24. The van der Waals surface area contributed by atoms with Gasteiger partial charge in [-0.2, -0.15) is 5.10 Å². The predicted molar refractivity (Wildman–Crippen MR) is 71.7 cm³/mol. The second kappa shape index (κ2) is 5.12. The zero-order valence-electron chi connectivity index (χ0n) is 8.74. The zero-order chi connectivity index (χ0) is 11.5. The van der Waals surface area contributed by atoms with Gasteiger partial charge in [-0.3, -0.25) is 0 Å². The first kappa shape index (κ1) is 11.8. The Bertz CT molecular complexity index is 494. The second-order valence-corrected chi connectivity index (χ2v) is 5.19. The highest BCUT2D eigenvalue weighted by atomic mass is 79.9. The van der Waals surface area contributed by atoms with E-state index in [0.717, 1.165) is 21.2 Å². The van der Waals surface area contributed by atoms with Crippen molar-refractivity contribution in [3.63, 3.8) is 0 Å². The lowest BCUT2D eigenvalue weighted by Gasteiger charge is -2.07. The van der Waals surface area contributed by atoms with Crippen LogP contribution >= 0.6 is 31.9 Å². The normalized spacial score (nSPS) is 10.7. The van der Waals surface area contributed by atoms with Crippen LogP contribution in [0.15, 0.2) is 39.5 Å². The molecule has 5 heteroatoms. The summed E-state index contributed by atoms with van der Waals surface area (Å²) in [5, 5.41) is 7.37. The van der Waals surface area contributed by atoms with Crippen LogP contribution in [0, 0.1) is 0 Å². The molecule has 0 saturated carbocycles. The number of hydrogen-bond donors (Lipinski definition) is 1. The molecule has 1 aromatic carbocycles. The van der Waals surface area contributed by atoms with Gasteiger partial charge in [0.25, 0.3) is 0 Å². The van der Waals surface area contributed by atoms with Gasteiger partial charge in [-0.15, -0.1) is 0 Å². The molecule has 0 spiro atoms. The van der Waals surface area contributed by atoms with E-state index >= 15 is 0 Å². The van der Waals surface area contributed by atoms with Crippen LogP contribution in [0.2, 0.25) is 0 Å². The summed E-state index contributed by atoms with van der Waals surface area (Å²) >= 11 is 6.94. The fourth-order valence-corrected chi connectivity index (χ4v) is 2.38. The number of aromatic nitrogens is 2. The van der Waals surface area contributed by atoms with E-state index in [9.17, 15) is 0 Å². The molecule has 0 saturated heterocycles. The van der Waals surface area contributed by atoms with Gasteiger partial charge in [-0.05, 0) is 56.6 Å². The Morgan fingerprint density at radius 1 is 1.38 bits per heavy atom. The molecule has 1 heterocycles. The summed E-state index contributed by atoms with van der Waals surface area (Å²) < 4.78 is 3.84. The third kappa shape index (κ3) is 2.53. The average molecular weight is 345 g/mol. The Labute approximate surface area is 111 Å². The third-order valence-electron chi connectivity index (χ3n) is 2.19. The number of hydrogen-bond acceptors (Lipinski definition) is 2. The Morgan fingerprint density at radius 2 is 2.19 bits per heavy atom. The van der Waals surface area contributed by atoms with E-state index in [0.29, 0.717) is 0 Å². The fraction of sp³-hybridized carbons (Fsp3) is 0.182. The molecule has 1 N–H and O–H groups in total. The van der Waals surface area contributed by atoms with Gasteiger partial charge in [0.15, 0.2) is 0 Å². The average Bonchev–Trinajstić information content (AvgIpc) is 2.65. The predicted octanol–water partition coefficient (Wildman–Crippen LogP) is 3.12. The van der Waals surface area contributed by atoms with E-state index in [-0.39, 0.29) is 0 Å². The Morgan fingerprint density at radius 3 is 2.75 bits per heavy atom. The molecule has 0 aliphatic rings. The maximum absolute atomic E-state index is 4.25. The molecule has 2 aromatic rings. The molecule has 0 atom stereocenters. The SMILES string of the molecule is CNCc1ccc(-n2cc(Br)cn2)c(Br)c1. The van der Waals surface area contributed by atoms with Gasteiger partial charge in [0.1, 0.15) is 0 Å². The number of rotatable bonds is 3. The van der Waals surface area contributed by atoms with Crippen molar-refractivity contribution in [3.8, 4) is 5.69 Å². The zero-order valence-corrected chi connectivity index (χ0v) is 11.9. The van der Waals surface area contributed by atoms with Crippen molar-refractivity contribution in [3.05, 3.63) is 45.1 Å². The van der Waals surface area contributed by atoms with E-state index in [2.05, 4.69) is 60.5 Å². The summed E-state index contributed by atoms with van der Waals surface area (Å²) in [5.74, 6) is 0. The quantitative estimate of drug-likeness (QED) is 0.927. The molecule has 2 rings (SSSR count). The lowest BCUT2D eigenvalue weighted by molar-refractivity contribution is 0.814. The van der Waals surface area contributed by atoms with Crippen molar-refractivity contribution in [2.24, 2.45) is 0 Å². The van der Waals surface area contributed by atoms with E-state index < -0.39 is 0 Å². The van der Waals surface area contributed by atoms with Crippen molar-refractivity contribution in [1.82, 2.24) is 15.1 Å². The summed E-state index contributed by atoms with van der Waals surface area (Å²) in [6, 6.07) is 6.24. The Hall–Kier alpha value is -0.650. The van der Waals surface area contributed by atoms with Crippen LogP contribution in [0.1, 0.15) is 5.56 Å². The smallest absolute Gasteiger partial charge is 0.0788 e. The maximum atomic E-state index is 4.25. The number of halogens is 2. The van der Waals surface area contributed by atoms with Crippen LogP contribution in [0.4, 0.5) is 0 Å². The van der Waals surface area contributed by atoms with Gasteiger partial charge in [-0.1, -0.05) is 6.07 Å². The molecule has 0 bridgehead atoms. The minimum Gasteiger partial charge on any atom is -0.316 e. The van der Waals surface area contributed by atoms with Gasteiger partial charge < -0.3 is 5.32 Å². The summed E-state index contributed by atoms with van der Waals surface area (Å²) in [5.41, 5.74) is 2.27. The van der Waals surface area contributed by atoms with Crippen LogP contribution < -0.4 is 5.32 Å². The van der Waals surface area contributed by atoms with Crippen LogP contribution in [-0.2, 0) is 6.54 Å². The minimum atomic E-state index is 0.863. The summed E-state index contributed by atoms with van der Waals surface area (Å²) in [6.07, 6.45) is 3.70. The van der Waals surface area contributed by atoms with Gasteiger partial charge in [-0.25, -0.2) is 4.68 Å². The largest absolute Gasteiger partial charge is 0.316 e. The van der Waals surface area contributed by atoms with Crippen LogP contribution in [0.25, 0.3) is 5.69 Å². The van der Waals surface area contributed by atoms with Crippen LogP contribution in [-0.4, -0.2) is 16.8 Å². The highest BCUT2D eigenvalue weighted by Gasteiger charge is 2.04. The van der Waals surface area contributed by atoms with Crippen molar-refractivity contribution in [1.29, 1.82) is 0 Å². The molecular formula is C11H11Br2N3. The second-order valence-electron chi connectivity index (χ2n) is 3.42. The van der Waals surface area contributed by atoms with Gasteiger partial charge in [0.05, 0.1) is 16.4 Å². The molecule has 84 valence electrons. The first-order valence-electron chi connectivity index (χ1n) is 4.84. The minimum absolute atomic E-state index is 0.863. The first-order valence-corrected chi connectivity index (χ1v) is 6.43. The topological polar surface area (TPSA) is 29.9 Å². The molecule has 1 aromatic heterocycles. The molecule has 0 aliphatic heterocycles. The lowest BCUT2D eigenvalue weighted by atomic mass is 10.2. The summed E-state index contributed by atoms with van der Waals surface area (Å²) in [7, 11) is 1.94. The van der Waals surface area contributed by atoms with Crippen LogP contribution in [0.3, 0.4) is 0 Å². The van der Waals surface area contributed by atoms with Crippen molar-refractivity contribution in [2.75, 3.05) is 7.05 Å². The van der Waals surface area contributed by atoms with E-state index in [4.69, 9.17) is 0 Å². The monoisotopic (exact) mass is 343 g/mol. The molecule has 3 nitrogen and oxygen atoms in total. The number of benzene rings is 1. The molecule has 0 fully saturated rings. The fourth-order valence-electron chi connectivity index (χ4n) is 1.48. The highest BCUT2D eigenvalue weighted by Crippen LogP contribution is 2.23. The molecule has 16 heavy (non-hydrogen) atoms. The molecule has 0 unspecified atom stereocenters. The highest BCUT2D eigenvalue weighted by molar-refractivity contribution is 9.10. The van der Waals surface area contributed by atoms with Gasteiger partial charge in [0.2, 0.25) is 0 Å². The first-order chi connectivity index (χ1) is 7.70. The maximum Gasteiger partial charge on any atom is 0.0788 e. The van der Waals surface area contributed by atoms with E-state index in [1.165, 1.54) is 5.56 Å². The van der Waals surface area contributed by atoms with E-state index in [1.54, 1.807) is 6.20 Å². The molecular weight excluding hydrogens is 334 g/mol. The van der Waals surface area contributed by atoms with Gasteiger partial charge >= 0.3 is 0 Å². The van der Waals surface area contributed by atoms with Crippen molar-refractivity contribution in [2.45, 2.75) is 6.54 Å². The number of nitrogens with one attached hydrogen (secondary N) is 1. The lowest BCUT2D eigenvalue weighted by Crippen LogP contribution is -2.05. The van der Waals surface area contributed by atoms with Crippen molar-refractivity contribution >= 4 is 31.9 Å². The number of nitrogens with zero attached hydrogens (tertiary/aromatic N) is 2. The standard InChI is InChI=1S/C11H11Br2N3/c1-14-5-8-2-3-11(10(13)4-8)16-7-9(12)6-15-16/h2-4,6-7,14H,5H2,1H3. The van der Waals surface area contributed by atoms with E-state index in [1.807, 2.05) is 17.9 Å². The molecule has 0 amide bonds. The van der Waals surface area contributed by atoms with Gasteiger partial charge in [0, 0.05) is 17.2 Å². The summed E-state index contributed by atoms with van der Waals surface area (Å²) in [4.78, 5) is 0. The van der Waals surface area contributed by atoms with Crippen molar-refractivity contribution < 1.29 is 0 Å². The molecule has 0 aliphatic carbocycles. The van der Waals surface area contributed by atoms with Crippen LogP contribution in [0.5, 0.6) is 0 Å². The summed E-state index contributed by atoms with van der Waals surface area (Å²) in [6.45, 7) is 0.863. The Balaban J connectivity index is 2.36. The Kier molecular flexibility index (Phi) is 3.78. The molecule has 0 radical (unpaired) electrons.